The van der Waals surface area contributed by atoms with E-state index in [-0.39, 0.29) is 10.2 Å². The van der Waals surface area contributed by atoms with Crippen LogP contribution in [0.25, 0.3) is 6.08 Å². The molecular formula is C17H19NO4S2. The van der Waals surface area contributed by atoms with Gasteiger partial charge in [-0.3, -0.25) is 9.69 Å². The molecule has 0 radical (unpaired) electrons. The molecule has 2 rings (SSSR count). The van der Waals surface area contributed by atoms with Crippen molar-refractivity contribution in [1.29, 1.82) is 0 Å². The summed E-state index contributed by atoms with van der Waals surface area (Å²) in [6.07, 6.45) is 2.75. The van der Waals surface area contributed by atoms with Gasteiger partial charge in [0.25, 0.3) is 5.91 Å². The van der Waals surface area contributed by atoms with E-state index in [1.165, 1.54) is 4.90 Å². The predicted molar refractivity (Wildman–Crippen MR) is 99.0 cm³/mol. The van der Waals surface area contributed by atoms with Crippen LogP contribution in [0.4, 0.5) is 0 Å². The van der Waals surface area contributed by atoms with Crippen LogP contribution < -0.4 is 4.74 Å². The summed E-state index contributed by atoms with van der Waals surface area (Å²) in [5.41, 5.74) is 0.835. The van der Waals surface area contributed by atoms with Crippen LogP contribution in [-0.4, -0.2) is 38.9 Å². The number of carbonyl (C=O) groups is 2. The van der Waals surface area contributed by atoms with E-state index in [1.54, 1.807) is 6.08 Å². The minimum atomic E-state index is -1.03. The van der Waals surface area contributed by atoms with Gasteiger partial charge in [-0.2, -0.15) is 0 Å². The van der Waals surface area contributed by atoms with Crippen molar-refractivity contribution in [3.63, 3.8) is 0 Å². The molecule has 1 aromatic carbocycles. The molecule has 1 aliphatic rings. The summed E-state index contributed by atoms with van der Waals surface area (Å²) in [6, 6.07) is 6.44. The molecule has 1 N–H and O–H groups in total. The number of rotatable bonds is 7. The quantitative estimate of drug-likeness (QED) is 0.589. The van der Waals surface area contributed by atoms with Crippen molar-refractivity contribution in [3.05, 3.63) is 34.7 Å². The minimum absolute atomic E-state index is 0.290. The van der Waals surface area contributed by atoms with Crippen molar-refractivity contribution in [2.75, 3.05) is 6.61 Å². The molecule has 0 aromatic heterocycles. The van der Waals surface area contributed by atoms with Crippen LogP contribution in [-0.2, 0) is 9.59 Å². The maximum Gasteiger partial charge on any atom is 0.326 e. The predicted octanol–water partition coefficient (Wildman–Crippen LogP) is 3.54. The highest BCUT2D eigenvalue weighted by Crippen LogP contribution is 2.35. The molecular weight excluding hydrogens is 346 g/mol. The van der Waals surface area contributed by atoms with Gasteiger partial charge >= 0.3 is 5.97 Å². The number of carboxylic acid groups (broad SMARTS) is 1. The van der Waals surface area contributed by atoms with Crippen molar-refractivity contribution in [1.82, 2.24) is 4.90 Å². The van der Waals surface area contributed by atoms with Crippen LogP contribution >= 0.6 is 24.0 Å². The number of thiocarbonyl (C=S) groups is 1. The molecule has 0 spiro atoms. The van der Waals surface area contributed by atoms with E-state index in [1.807, 2.05) is 38.1 Å². The normalized spacial score (nSPS) is 17.4. The van der Waals surface area contributed by atoms with Crippen molar-refractivity contribution >= 4 is 46.3 Å². The number of nitrogens with zero attached hydrogens (tertiary/aromatic N) is 1. The zero-order chi connectivity index (χ0) is 17.7. The van der Waals surface area contributed by atoms with Gasteiger partial charge in [0.2, 0.25) is 0 Å². The fourth-order valence-electron chi connectivity index (χ4n) is 2.36. The molecule has 1 saturated heterocycles. The SMILES string of the molecule is CCC[C@H](C(=O)O)N1C(=O)/C(=C/c2ccc(OCC)cc2)SC1=S. The molecule has 24 heavy (non-hydrogen) atoms. The number of aliphatic carboxylic acids is 1. The van der Waals surface area contributed by atoms with Crippen LogP contribution in [0, 0.1) is 0 Å². The molecule has 7 heteroatoms. The van der Waals surface area contributed by atoms with Gasteiger partial charge in [-0.15, -0.1) is 0 Å². The number of ether oxygens (including phenoxy) is 1. The van der Waals surface area contributed by atoms with E-state index < -0.39 is 12.0 Å². The van der Waals surface area contributed by atoms with E-state index in [4.69, 9.17) is 17.0 Å². The monoisotopic (exact) mass is 365 g/mol. The van der Waals surface area contributed by atoms with E-state index in [9.17, 15) is 14.7 Å². The summed E-state index contributed by atoms with van der Waals surface area (Å²) in [4.78, 5) is 25.7. The maximum atomic E-state index is 12.6. The van der Waals surface area contributed by atoms with Crippen LogP contribution in [0.2, 0.25) is 0 Å². The van der Waals surface area contributed by atoms with E-state index >= 15 is 0 Å². The Bertz CT molecular complexity index is 670. The standard InChI is InChI=1S/C17H19NO4S2/c1-3-5-13(16(20)21)18-15(19)14(24-17(18)23)10-11-6-8-12(9-7-11)22-4-2/h6-10,13H,3-5H2,1-2H3,(H,20,21)/b14-10-/t13-/m1/s1. The molecule has 1 amide bonds. The summed E-state index contributed by atoms with van der Waals surface area (Å²) in [6.45, 7) is 4.38. The minimum Gasteiger partial charge on any atom is -0.494 e. The zero-order valence-electron chi connectivity index (χ0n) is 13.5. The number of thioether (sulfide) groups is 1. The Morgan fingerprint density at radius 2 is 2.04 bits per heavy atom. The van der Waals surface area contributed by atoms with Gasteiger partial charge in [-0.1, -0.05) is 49.5 Å². The summed E-state index contributed by atoms with van der Waals surface area (Å²) in [5.74, 6) is -0.619. The Morgan fingerprint density at radius 1 is 1.38 bits per heavy atom. The number of carbonyl (C=O) groups excluding carboxylic acids is 1. The highest BCUT2D eigenvalue weighted by molar-refractivity contribution is 8.26. The maximum absolute atomic E-state index is 12.6. The lowest BCUT2D eigenvalue weighted by Gasteiger charge is -2.22. The summed E-state index contributed by atoms with van der Waals surface area (Å²) in [5, 5.41) is 9.36. The lowest BCUT2D eigenvalue weighted by Crippen LogP contribution is -2.43. The molecule has 0 aliphatic carbocycles. The van der Waals surface area contributed by atoms with Gasteiger partial charge in [0.15, 0.2) is 0 Å². The highest BCUT2D eigenvalue weighted by atomic mass is 32.2. The molecule has 1 heterocycles. The fraction of sp³-hybridized carbons (Fsp3) is 0.353. The van der Waals surface area contributed by atoms with Crippen molar-refractivity contribution < 1.29 is 19.4 Å². The third-order valence-electron chi connectivity index (χ3n) is 3.47. The first-order chi connectivity index (χ1) is 11.5. The molecule has 1 atom stereocenters. The third-order valence-corrected chi connectivity index (χ3v) is 4.80. The molecule has 0 bridgehead atoms. The lowest BCUT2D eigenvalue weighted by molar-refractivity contribution is -0.145. The molecule has 1 fully saturated rings. The summed E-state index contributed by atoms with van der Waals surface area (Å²) < 4.78 is 5.67. The lowest BCUT2D eigenvalue weighted by atomic mass is 10.1. The first-order valence-electron chi connectivity index (χ1n) is 7.70. The number of hydrogen-bond acceptors (Lipinski definition) is 5. The van der Waals surface area contributed by atoms with E-state index in [0.29, 0.717) is 24.4 Å². The number of amides is 1. The van der Waals surface area contributed by atoms with Gasteiger partial charge in [-0.05, 0) is 37.1 Å². The average molecular weight is 365 g/mol. The van der Waals surface area contributed by atoms with Crippen LogP contribution in [0.15, 0.2) is 29.2 Å². The Balaban J connectivity index is 2.22. The molecule has 1 aliphatic heterocycles. The Labute approximate surface area is 150 Å². The topological polar surface area (TPSA) is 66.8 Å². The van der Waals surface area contributed by atoms with Crippen LogP contribution in [0.3, 0.4) is 0 Å². The van der Waals surface area contributed by atoms with E-state index in [2.05, 4.69) is 0 Å². The smallest absolute Gasteiger partial charge is 0.326 e. The van der Waals surface area contributed by atoms with Crippen molar-refractivity contribution in [2.24, 2.45) is 0 Å². The highest BCUT2D eigenvalue weighted by Gasteiger charge is 2.39. The first-order valence-corrected chi connectivity index (χ1v) is 8.93. The van der Waals surface area contributed by atoms with E-state index in [0.717, 1.165) is 23.1 Å². The Kier molecular flexibility index (Phi) is 6.39. The average Bonchev–Trinajstić information content (AvgIpc) is 2.81. The summed E-state index contributed by atoms with van der Waals surface area (Å²) in [7, 11) is 0. The van der Waals surface area contributed by atoms with Crippen LogP contribution in [0.1, 0.15) is 32.3 Å². The van der Waals surface area contributed by atoms with Crippen molar-refractivity contribution in [3.8, 4) is 5.75 Å². The third kappa shape index (κ3) is 4.15. The summed E-state index contributed by atoms with van der Waals surface area (Å²) >= 11 is 6.36. The second-order valence-electron chi connectivity index (χ2n) is 5.20. The molecule has 1 aromatic rings. The van der Waals surface area contributed by atoms with Crippen molar-refractivity contribution in [2.45, 2.75) is 32.7 Å². The first kappa shape index (κ1) is 18.5. The van der Waals surface area contributed by atoms with Gasteiger partial charge in [0.05, 0.1) is 11.5 Å². The molecule has 128 valence electrons. The van der Waals surface area contributed by atoms with Gasteiger partial charge in [-0.25, -0.2) is 4.79 Å². The fourth-order valence-corrected chi connectivity index (χ4v) is 3.72. The van der Waals surface area contributed by atoms with Gasteiger partial charge in [0, 0.05) is 0 Å². The number of hydrogen-bond donors (Lipinski definition) is 1. The molecule has 0 saturated carbocycles. The second-order valence-corrected chi connectivity index (χ2v) is 6.87. The number of benzene rings is 1. The second kappa shape index (κ2) is 8.30. The zero-order valence-corrected chi connectivity index (χ0v) is 15.2. The molecule has 0 unspecified atom stereocenters. The van der Waals surface area contributed by atoms with Gasteiger partial charge in [0.1, 0.15) is 16.1 Å². The van der Waals surface area contributed by atoms with Crippen LogP contribution in [0.5, 0.6) is 5.75 Å². The number of carboxylic acids is 1. The Hall–Kier alpha value is -1.86. The van der Waals surface area contributed by atoms with Gasteiger partial charge < -0.3 is 9.84 Å². The Morgan fingerprint density at radius 3 is 2.58 bits per heavy atom. The largest absolute Gasteiger partial charge is 0.494 e. The molecule has 5 nitrogen and oxygen atoms in total.